The summed E-state index contributed by atoms with van der Waals surface area (Å²) >= 11 is 1.36. The zero-order valence-corrected chi connectivity index (χ0v) is 15.5. The lowest BCUT2D eigenvalue weighted by molar-refractivity contribution is 0.100. The zero-order chi connectivity index (χ0) is 18.7. The first-order valence-corrected chi connectivity index (χ1v) is 9.21. The summed E-state index contributed by atoms with van der Waals surface area (Å²) < 4.78 is 0. The normalized spacial score (nSPS) is 10.5. The van der Waals surface area contributed by atoms with Crippen molar-refractivity contribution in [3.8, 4) is 11.1 Å². The molecule has 0 fully saturated rings. The van der Waals surface area contributed by atoms with E-state index < -0.39 is 5.91 Å². The predicted octanol–water partition coefficient (Wildman–Crippen LogP) is 4.64. The molecule has 26 heavy (non-hydrogen) atoms. The van der Waals surface area contributed by atoms with Crippen LogP contribution in [0.25, 0.3) is 11.1 Å². The number of rotatable bonds is 5. The lowest BCUT2D eigenvalue weighted by Gasteiger charge is -2.07. The van der Waals surface area contributed by atoms with E-state index in [9.17, 15) is 9.59 Å². The molecule has 0 radical (unpaired) electrons. The minimum atomic E-state index is -0.551. The molecule has 3 rings (SSSR count). The third kappa shape index (κ3) is 3.53. The molecule has 0 spiro atoms. The third-order valence-corrected chi connectivity index (χ3v) is 5.27. The lowest BCUT2D eigenvalue weighted by atomic mass is 10.0. The number of anilines is 1. The molecular weight excluding hydrogens is 344 g/mol. The van der Waals surface area contributed by atoms with Gasteiger partial charge in [-0.15, -0.1) is 11.3 Å². The number of aryl methyl sites for hydroxylation is 2. The van der Waals surface area contributed by atoms with Crippen LogP contribution in [0.3, 0.4) is 0 Å². The van der Waals surface area contributed by atoms with E-state index in [0.717, 1.165) is 28.0 Å². The average molecular weight is 364 g/mol. The van der Waals surface area contributed by atoms with Crippen molar-refractivity contribution in [1.82, 2.24) is 0 Å². The summed E-state index contributed by atoms with van der Waals surface area (Å²) in [4.78, 5) is 25.6. The summed E-state index contributed by atoms with van der Waals surface area (Å²) in [5.74, 6) is -0.805. The van der Waals surface area contributed by atoms with E-state index in [4.69, 9.17) is 5.73 Å². The second-order valence-corrected chi connectivity index (χ2v) is 7.20. The van der Waals surface area contributed by atoms with Crippen molar-refractivity contribution in [3.05, 3.63) is 76.2 Å². The van der Waals surface area contributed by atoms with Crippen LogP contribution in [0.15, 0.2) is 54.6 Å². The van der Waals surface area contributed by atoms with Gasteiger partial charge in [-0.05, 0) is 36.6 Å². The number of nitrogens with one attached hydrogen (secondary N) is 1. The van der Waals surface area contributed by atoms with E-state index in [1.165, 1.54) is 11.3 Å². The molecule has 0 bridgehead atoms. The highest BCUT2D eigenvalue weighted by Crippen LogP contribution is 2.39. The highest BCUT2D eigenvalue weighted by Gasteiger charge is 2.23. The van der Waals surface area contributed by atoms with Gasteiger partial charge in [-0.1, -0.05) is 49.4 Å². The second kappa shape index (κ2) is 7.54. The van der Waals surface area contributed by atoms with Crippen LogP contribution in [0, 0.1) is 6.92 Å². The van der Waals surface area contributed by atoms with Crippen LogP contribution < -0.4 is 11.1 Å². The number of hydrogen-bond acceptors (Lipinski definition) is 3. The molecule has 1 aromatic heterocycles. The zero-order valence-electron chi connectivity index (χ0n) is 14.7. The van der Waals surface area contributed by atoms with E-state index in [-0.39, 0.29) is 5.91 Å². The van der Waals surface area contributed by atoms with Gasteiger partial charge in [0, 0.05) is 16.0 Å². The minimum Gasteiger partial charge on any atom is -0.365 e. The molecule has 5 heteroatoms. The highest BCUT2D eigenvalue weighted by molar-refractivity contribution is 7.17. The number of nitrogens with two attached hydrogens (primary N) is 1. The highest BCUT2D eigenvalue weighted by atomic mass is 32.1. The summed E-state index contributed by atoms with van der Waals surface area (Å²) in [7, 11) is 0. The Morgan fingerprint density at radius 3 is 2.27 bits per heavy atom. The van der Waals surface area contributed by atoms with Crippen LogP contribution in [0.5, 0.6) is 0 Å². The van der Waals surface area contributed by atoms with E-state index >= 15 is 0 Å². The van der Waals surface area contributed by atoms with Gasteiger partial charge in [-0.3, -0.25) is 9.59 Å². The van der Waals surface area contributed by atoms with Crippen molar-refractivity contribution in [1.29, 1.82) is 0 Å². The number of hydrogen-bond donors (Lipinski definition) is 2. The second-order valence-electron chi connectivity index (χ2n) is 5.97. The fourth-order valence-electron chi connectivity index (χ4n) is 2.89. The van der Waals surface area contributed by atoms with Crippen molar-refractivity contribution in [2.45, 2.75) is 20.3 Å². The summed E-state index contributed by atoms with van der Waals surface area (Å²) in [6.45, 7) is 3.99. The number of carbonyl (C=O) groups is 2. The van der Waals surface area contributed by atoms with Crippen molar-refractivity contribution < 1.29 is 9.59 Å². The van der Waals surface area contributed by atoms with Crippen LogP contribution in [-0.2, 0) is 6.42 Å². The standard InChI is InChI=1S/C21H20N2O2S/c1-3-14-9-11-16(12-10-14)20(25)23-21-18(19(22)24)17(13(2)26-21)15-7-5-4-6-8-15/h4-12H,3H2,1-2H3,(H2,22,24)(H,23,25). The Morgan fingerprint density at radius 2 is 1.69 bits per heavy atom. The number of benzene rings is 2. The Labute approximate surface area is 156 Å². The van der Waals surface area contributed by atoms with Gasteiger partial charge in [0.25, 0.3) is 11.8 Å². The van der Waals surface area contributed by atoms with Gasteiger partial charge in [0.2, 0.25) is 0 Å². The molecule has 3 aromatic rings. The molecular formula is C21H20N2O2S. The number of thiophene rings is 1. The van der Waals surface area contributed by atoms with Gasteiger partial charge in [-0.25, -0.2) is 0 Å². The maximum absolute atomic E-state index is 12.6. The topological polar surface area (TPSA) is 72.2 Å². The smallest absolute Gasteiger partial charge is 0.256 e. The Kier molecular flexibility index (Phi) is 5.19. The van der Waals surface area contributed by atoms with Crippen molar-refractivity contribution in [2.75, 3.05) is 5.32 Å². The Hall–Kier alpha value is -2.92. The predicted molar refractivity (Wildman–Crippen MR) is 107 cm³/mol. The van der Waals surface area contributed by atoms with Crippen LogP contribution in [0.4, 0.5) is 5.00 Å². The first-order valence-electron chi connectivity index (χ1n) is 8.40. The molecule has 3 N–H and O–H groups in total. The van der Waals surface area contributed by atoms with Gasteiger partial charge < -0.3 is 11.1 Å². The Balaban J connectivity index is 1.97. The van der Waals surface area contributed by atoms with Gasteiger partial charge in [0.05, 0.1) is 5.56 Å². The van der Waals surface area contributed by atoms with Crippen LogP contribution in [-0.4, -0.2) is 11.8 Å². The Morgan fingerprint density at radius 1 is 1.04 bits per heavy atom. The minimum absolute atomic E-state index is 0.254. The summed E-state index contributed by atoms with van der Waals surface area (Å²) in [5.41, 5.74) is 9.39. The molecule has 0 aliphatic carbocycles. The molecule has 0 atom stereocenters. The molecule has 1 heterocycles. The average Bonchev–Trinajstić information content (AvgIpc) is 2.98. The maximum Gasteiger partial charge on any atom is 0.256 e. The fraction of sp³-hybridized carbons (Fsp3) is 0.143. The van der Waals surface area contributed by atoms with E-state index in [0.29, 0.717) is 16.1 Å². The van der Waals surface area contributed by atoms with Gasteiger partial charge >= 0.3 is 0 Å². The van der Waals surface area contributed by atoms with Gasteiger partial charge in [0.15, 0.2) is 0 Å². The molecule has 0 unspecified atom stereocenters. The SMILES string of the molecule is CCc1ccc(C(=O)Nc2sc(C)c(-c3ccccc3)c2C(N)=O)cc1. The number of amides is 2. The van der Waals surface area contributed by atoms with Crippen LogP contribution >= 0.6 is 11.3 Å². The van der Waals surface area contributed by atoms with Gasteiger partial charge in [0.1, 0.15) is 5.00 Å². The quantitative estimate of drug-likeness (QED) is 0.692. The maximum atomic E-state index is 12.6. The number of primary amides is 1. The Bertz CT molecular complexity index is 944. The first kappa shape index (κ1) is 17.9. The molecule has 0 aliphatic heterocycles. The van der Waals surface area contributed by atoms with Gasteiger partial charge in [-0.2, -0.15) is 0 Å². The van der Waals surface area contributed by atoms with Crippen LogP contribution in [0.1, 0.15) is 38.1 Å². The van der Waals surface area contributed by atoms with Crippen molar-refractivity contribution in [2.24, 2.45) is 5.73 Å². The molecule has 0 aliphatic rings. The summed E-state index contributed by atoms with van der Waals surface area (Å²) in [5, 5.41) is 3.34. The first-order chi connectivity index (χ1) is 12.5. The molecule has 2 amide bonds. The lowest BCUT2D eigenvalue weighted by Crippen LogP contribution is -2.17. The summed E-state index contributed by atoms with van der Waals surface area (Å²) in [6.07, 6.45) is 0.915. The van der Waals surface area contributed by atoms with E-state index in [1.807, 2.05) is 49.4 Å². The van der Waals surface area contributed by atoms with Crippen molar-refractivity contribution in [3.63, 3.8) is 0 Å². The third-order valence-electron chi connectivity index (χ3n) is 4.24. The number of carbonyl (C=O) groups excluding carboxylic acids is 2. The molecule has 2 aromatic carbocycles. The molecule has 4 nitrogen and oxygen atoms in total. The van der Waals surface area contributed by atoms with E-state index in [2.05, 4.69) is 12.2 Å². The molecule has 0 saturated heterocycles. The molecule has 0 saturated carbocycles. The largest absolute Gasteiger partial charge is 0.365 e. The van der Waals surface area contributed by atoms with Crippen LogP contribution in [0.2, 0.25) is 0 Å². The molecule has 132 valence electrons. The van der Waals surface area contributed by atoms with Crippen molar-refractivity contribution >= 4 is 28.2 Å². The summed E-state index contributed by atoms with van der Waals surface area (Å²) in [6, 6.07) is 17.0. The van der Waals surface area contributed by atoms with E-state index in [1.54, 1.807) is 12.1 Å². The fourth-order valence-corrected chi connectivity index (χ4v) is 3.96. The monoisotopic (exact) mass is 364 g/mol.